The van der Waals surface area contributed by atoms with Crippen LogP contribution in [-0.4, -0.2) is 79.4 Å². The van der Waals surface area contributed by atoms with E-state index in [2.05, 4.69) is 11.9 Å². The number of fused-ring (bicyclic) bond motifs is 3. The maximum Gasteiger partial charge on any atom is 0.274 e. The summed E-state index contributed by atoms with van der Waals surface area (Å²) in [6.07, 6.45) is 4.73. The summed E-state index contributed by atoms with van der Waals surface area (Å²) in [7, 11) is 0. The molecule has 4 heterocycles. The number of piperidine rings is 2. The van der Waals surface area contributed by atoms with Gasteiger partial charge in [0.25, 0.3) is 5.91 Å². The van der Waals surface area contributed by atoms with Gasteiger partial charge in [0, 0.05) is 56.0 Å². The van der Waals surface area contributed by atoms with Crippen molar-refractivity contribution in [2.75, 3.05) is 19.6 Å². The number of ether oxygens (including phenoxy) is 1. The van der Waals surface area contributed by atoms with Crippen molar-refractivity contribution in [3.8, 4) is 5.88 Å². The van der Waals surface area contributed by atoms with E-state index in [-0.39, 0.29) is 36.6 Å². The van der Waals surface area contributed by atoms with Crippen LogP contribution in [0.4, 0.5) is 0 Å². The first-order valence-corrected chi connectivity index (χ1v) is 13.8. The lowest BCUT2D eigenvalue weighted by molar-refractivity contribution is -0.136. The predicted molar refractivity (Wildman–Crippen MR) is 137 cm³/mol. The number of amides is 2. The van der Waals surface area contributed by atoms with Crippen molar-refractivity contribution in [1.29, 1.82) is 0 Å². The van der Waals surface area contributed by atoms with Crippen LogP contribution in [0.2, 0.25) is 5.02 Å². The molecule has 9 nitrogen and oxygen atoms in total. The number of likely N-dealkylation sites (tertiary alicyclic amines) is 2. The minimum Gasteiger partial charge on any atom is -0.473 e. The number of rotatable bonds is 5. The van der Waals surface area contributed by atoms with E-state index in [0.29, 0.717) is 79.7 Å². The molecule has 3 fully saturated rings. The van der Waals surface area contributed by atoms with Crippen molar-refractivity contribution in [2.24, 2.45) is 11.8 Å². The zero-order valence-electron chi connectivity index (χ0n) is 21.3. The Bertz CT molecular complexity index is 1210. The van der Waals surface area contributed by atoms with Gasteiger partial charge in [-0.05, 0) is 56.1 Å². The molecule has 4 aliphatic rings. The van der Waals surface area contributed by atoms with Gasteiger partial charge in [-0.15, -0.1) is 0 Å². The number of halogens is 1. The molecule has 2 aromatic rings. The Morgan fingerprint density at radius 1 is 1.19 bits per heavy atom. The van der Waals surface area contributed by atoms with Crippen LogP contribution in [0.3, 0.4) is 0 Å². The van der Waals surface area contributed by atoms with Gasteiger partial charge in [-0.1, -0.05) is 18.5 Å². The normalized spacial score (nSPS) is 29.1. The van der Waals surface area contributed by atoms with Gasteiger partial charge in [-0.3, -0.25) is 14.3 Å². The Balaban J connectivity index is 1.15. The lowest BCUT2D eigenvalue weighted by Gasteiger charge is -2.37. The maximum absolute atomic E-state index is 13.4. The summed E-state index contributed by atoms with van der Waals surface area (Å²) in [5.74, 6) is 1.87. The molecule has 2 aliphatic carbocycles. The summed E-state index contributed by atoms with van der Waals surface area (Å²) in [6, 6.07) is 3.53. The zero-order chi connectivity index (χ0) is 25.8. The van der Waals surface area contributed by atoms with E-state index in [9.17, 15) is 14.7 Å². The SMILES string of the molecule is CC1C2Cc3c(c(C(=O)N4CCC(O)CC4)nn3CC(=O)N3CC[C@@H](Oc4ncccc4Cl)C[C@H]3C)C12. The second kappa shape index (κ2) is 9.58. The van der Waals surface area contributed by atoms with Crippen LogP contribution >= 0.6 is 11.6 Å². The molecule has 0 bridgehead atoms. The van der Waals surface area contributed by atoms with Crippen LogP contribution in [0, 0.1) is 11.8 Å². The summed E-state index contributed by atoms with van der Waals surface area (Å²) in [4.78, 5) is 34.8. The third-order valence-corrected chi connectivity index (χ3v) is 9.10. The number of aromatic nitrogens is 3. The standard InChI is InChI=1S/C27H34ClN5O4/c1-15-12-18(37-26-20(28)4-3-8-29-26)7-11-32(15)22(35)14-33-21-13-19-16(2)23(19)24(21)25(30-33)27(36)31-9-5-17(34)6-10-31/h3-4,8,15-19,23,34H,5-7,9-14H2,1-2H3/t15-,16?,18-,19?,23?/m1/s1. The van der Waals surface area contributed by atoms with Crippen LogP contribution in [0.15, 0.2) is 18.3 Å². The molecule has 1 N–H and O–H groups in total. The predicted octanol–water partition coefficient (Wildman–Crippen LogP) is 2.89. The number of aliphatic hydroxyl groups is 1. The fraction of sp³-hybridized carbons (Fsp3) is 0.630. The minimum atomic E-state index is -0.338. The van der Waals surface area contributed by atoms with E-state index in [4.69, 9.17) is 21.4 Å². The van der Waals surface area contributed by atoms with Gasteiger partial charge in [0.15, 0.2) is 5.69 Å². The van der Waals surface area contributed by atoms with Gasteiger partial charge in [0.2, 0.25) is 11.8 Å². The number of nitrogens with zero attached hydrogens (tertiary/aromatic N) is 5. The van der Waals surface area contributed by atoms with Gasteiger partial charge < -0.3 is 19.6 Å². The molecular weight excluding hydrogens is 494 g/mol. The number of hydrogen-bond donors (Lipinski definition) is 1. The topological polar surface area (TPSA) is 101 Å². The van der Waals surface area contributed by atoms with Crippen molar-refractivity contribution in [3.05, 3.63) is 40.3 Å². The minimum absolute atomic E-state index is 0.00616. The molecule has 0 aromatic carbocycles. The fourth-order valence-corrected chi connectivity index (χ4v) is 6.75. The maximum atomic E-state index is 13.4. The highest BCUT2D eigenvalue weighted by atomic mass is 35.5. The van der Waals surface area contributed by atoms with Crippen LogP contribution in [0.5, 0.6) is 5.88 Å². The van der Waals surface area contributed by atoms with Gasteiger partial charge in [0.05, 0.1) is 6.10 Å². The van der Waals surface area contributed by atoms with E-state index in [0.717, 1.165) is 17.7 Å². The number of hydrogen-bond acceptors (Lipinski definition) is 6. The molecular formula is C27H34ClN5O4. The molecule has 198 valence electrons. The molecule has 10 heteroatoms. The molecule has 1 saturated carbocycles. The number of carbonyl (C=O) groups excluding carboxylic acids is 2. The molecule has 37 heavy (non-hydrogen) atoms. The summed E-state index contributed by atoms with van der Waals surface area (Å²) in [5.41, 5.74) is 2.63. The Morgan fingerprint density at radius 2 is 1.97 bits per heavy atom. The van der Waals surface area contributed by atoms with Crippen molar-refractivity contribution in [2.45, 2.75) is 76.7 Å². The van der Waals surface area contributed by atoms with E-state index < -0.39 is 0 Å². The number of pyridine rings is 1. The highest BCUT2D eigenvalue weighted by Crippen LogP contribution is 2.62. The highest BCUT2D eigenvalue weighted by molar-refractivity contribution is 6.31. The van der Waals surface area contributed by atoms with Crippen LogP contribution in [0.25, 0.3) is 0 Å². The van der Waals surface area contributed by atoms with Gasteiger partial charge in [-0.2, -0.15) is 5.10 Å². The molecule has 0 spiro atoms. The molecule has 2 aromatic heterocycles. The first-order valence-electron chi connectivity index (χ1n) is 13.4. The van der Waals surface area contributed by atoms with Crippen molar-refractivity contribution >= 4 is 23.4 Å². The Labute approximate surface area is 221 Å². The van der Waals surface area contributed by atoms with Crippen LogP contribution in [0.1, 0.15) is 67.2 Å². The third kappa shape index (κ3) is 4.50. The van der Waals surface area contributed by atoms with Crippen LogP contribution in [-0.2, 0) is 17.8 Å². The summed E-state index contributed by atoms with van der Waals surface area (Å²) < 4.78 is 7.82. The molecule has 2 aliphatic heterocycles. The first-order chi connectivity index (χ1) is 17.8. The summed E-state index contributed by atoms with van der Waals surface area (Å²) >= 11 is 6.20. The average Bonchev–Trinajstić information content (AvgIpc) is 3.18. The van der Waals surface area contributed by atoms with Crippen molar-refractivity contribution < 1.29 is 19.4 Å². The Kier molecular flexibility index (Phi) is 6.39. The first kappa shape index (κ1) is 24.7. The lowest BCUT2D eigenvalue weighted by atomic mass is 10.0. The van der Waals surface area contributed by atoms with Crippen LogP contribution < -0.4 is 4.74 Å². The quantitative estimate of drug-likeness (QED) is 0.641. The number of aliphatic hydroxyl groups excluding tert-OH is 1. The van der Waals surface area contributed by atoms with Gasteiger partial charge in [-0.25, -0.2) is 4.98 Å². The lowest BCUT2D eigenvalue weighted by Crippen LogP contribution is -2.48. The van der Waals surface area contributed by atoms with Crippen molar-refractivity contribution in [1.82, 2.24) is 24.6 Å². The molecule has 6 rings (SSSR count). The average molecular weight is 528 g/mol. The monoisotopic (exact) mass is 527 g/mol. The second-order valence-electron chi connectivity index (χ2n) is 11.1. The van der Waals surface area contributed by atoms with E-state index in [1.165, 1.54) is 0 Å². The van der Waals surface area contributed by atoms with E-state index in [1.54, 1.807) is 23.0 Å². The largest absolute Gasteiger partial charge is 0.473 e. The van der Waals surface area contributed by atoms with E-state index >= 15 is 0 Å². The molecule has 0 radical (unpaired) electrons. The number of carbonyl (C=O) groups is 2. The van der Waals surface area contributed by atoms with Gasteiger partial charge >= 0.3 is 0 Å². The smallest absolute Gasteiger partial charge is 0.274 e. The molecule has 3 unspecified atom stereocenters. The highest BCUT2D eigenvalue weighted by Gasteiger charge is 2.56. The second-order valence-corrected chi connectivity index (χ2v) is 11.5. The molecule has 2 amide bonds. The summed E-state index contributed by atoms with van der Waals surface area (Å²) in [5, 5.41) is 15.1. The van der Waals surface area contributed by atoms with Gasteiger partial charge in [0.1, 0.15) is 17.7 Å². The van der Waals surface area contributed by atoms with Crippen molar-refractivity contribution in [3.63, 3.8) is 0 Å². The molecule has 2 saturated heterocycles. The summed E-state index contributed by atoms with van der Waals surface area (Å²) in [6.45, 7) is 6.09. The third-order valence-electron chi connectivity index (χ3n) is 8.81. The fourth-order valence-electron chi connectivity index (χ4n) is 6.58. The zero-order valence-corrected chi connectivity index (χ0v) is 22.1. The van der Waals surface area contributed by atoms with E-state index in [1.807, 2.05) is 16.7 Å². The Hall–Kier alpha value is -2.65. The molecule has 5 atom stereocenters. The Morgan fingerprint density at radius 3 is 2.70 bits per heavy atom.